The van der Waals surface area contributed by atoms with Crippen LogP contribution in [0.3, 0.4) is 0 Å². The van der Waals surface area contributed by atoms with Gasteiger partial charge in [-0.1, -0.05) is 6.07 Å². The molecule has 0 aliphatic carbocycles. The van der Waals surface area contributed by atoms with Crippen molar-refractivity contribution in [2.24, 2.45) is 0 Å². The molecule has 0 radical (unpaired) electrons. The maximum Gasteiger partial charge on any atom is 0.140 e. The van der Waals surface area contributed by atoms with Crippen molar-refractivity contribution in [2.45, 2.75) is 6.61 Å². The van der Waals surface area contributed by atoms with E-state index >= 15 is 0 Å². The number of nitriles is 1. The molecular weight excluding hydrogens is 214 g/mol. The molecule has 0 amide bonds. The summed E-state index contributed by atoms with van der Waals surface area (Å²) < 4.78 is 5.56. The fourth-order valence-electron chi connectivity index (χ4n) is 1.40. The summed E-state index contributed by atoms with van der Waals surface area (Å²) in [7, 11) is 0. The van der Waals surface area contributed by atoms with E-state index in [4.69, 9.17) is 15.7 Å². The lowest BCUT2D eigenvalue weighted by Gasteiger charge is -2.06. The van der Waals surface area contributed by atoms with Crippen LogP contribution in [0.5, 0.6) is 5.75 Å². The predicted octanol–water partition coefficient (Wildman–Crippen LogP) is 2.11. The quantitative estimate of drug-likeness (QED) is 0.812. The first-order valence-corrected chi connectivity index (χ1v) is 5.11. The lowest BCUT2D eigenvalue weighted by Crippen LogP contribution is -1.97. The fraction of sp³-hybridized carbons (Fsp3) is 0.0769. The smallest absolute Gasteiger partial charge is 0.140 e. The van der Waals surface area contributed by atoms with E-state index in [0.29, 0.717) is 23.7 Å². The van der Waals surface area contributed by atoms with E-state index in [1.54, 1.807) is 24.4 Å². The highest BCUT2D eigenvalue weighted by Crippen LogP contribution is 2.16. The molecule has 17 heavy (non-hydrogen) atoms. The number of nitrogen functional groups attached to an aromatic ring is 1. The van der Waals surface area contributed by atoms with Crippen molar-refractivity contribution in [1.82, 2.24) is 4.98 Å². The van der Waals surface area contributed by atoms with Gasteiger partial charge in [0, 0.05) is 18.0 Å². The summed E-state index contributed by atoms with van der Waals surface area (Å²) >= 11 is 0. The lowest BCUT2D eigenvalue weighted by molar-refractivity contribution is 0.306. The summed E-state index contributed by atoms with van der Waals surface area (Å²) in [4.78, 5) is 3.89. The highest BCUT2D eigenvalue weighted by Gasteiger charge is 1.98. The molecule has 1 heterocycles. The molecule has 2 rings (SSSR count). The Labute approximate surface area is 99.3 Å². The Hall–Kier alpha value is -2.54. The molecule has 2 aromatic rings. The van der Waals surface area contributed by atoms with Gasteiger partial charge in [0.2, 0.25) is 0 Å². The van der Waals surface area contributed by atoms with Gasteiger partial charge in [-0.3, -0.25) is 0 Å². The topological polar surface area (TPSA) is 71.9 Å². The average molecular weight is 225 g/mol. The van der Waals surface area contributed by atoms with Crippen LogP contribution < -0.4 is 10.5 Å². The minimum atomic E-state index is 0.388. The zero-order valence-corrected chi connectivity index (χ0v) is 9.13. The summed E-state index contributed by atoms with van der Waals surface area (Å²) in [6.45, 7) is 0.390. The predicted molar refractivity (Wildman–Crippen MR) is 64.1 cm³/mol. The molecule has 0 atom stereocenters. The van der Waals surface area contributed by atoms with Crippen molar-refractivity contribution in [3.63, 3.8) is 0 Å². The van der Waals surface area contributed by atoms with Crippen molar-refractivity contribution < 1.29 is 4.74 Å². The molecule has 1 aromatic carbocycles. The van der Waals surface area contributed by atoms with Gasteiger partial charge in [-0.25, -0.2) is 4.98 Å². The molecule has 4 heteroatoms. The van der Waals surface area contributed by atoms with E-state index in [1.807, 2.05) is 24.3 Å². The Balaban J connectivity index is 2.05. The van der Waals surface area contributed by atoms with Crippen LogP contribution in [0.25, 0.3) is 0 Å². The van der Waals surface area contributed by atoms with E-state index in [9.17, 15) is 0 Å². The Bertz CT molecular complexity index is 561. The van der Waals surface area contributed by atoms with Crippen LogP contribution in [-0.4, -0.2) is 4.98 Å². The van der Waals surface area contributed by atoms with Crippen molar-refractivity contribution in [3.05, 3.63) is 53.9 Å². The van der Waals surface area contributed by atoms with E-state index in [-0.39, 0.29) is 0 Å². The standard InChI is InChI=1S/C13H11N3O/c14-8-12-6-10(4-5-16-12)9-17-13-3-1-2-11(15)7-13/h1-7H,9,15H2. The zero-order valence-electron chi connectivity index (χ0n) is 9.13. The second kappa shape index (κ2) is 4.99. The van der Waals surface area contributed by atoms with Gasteiger partial charge < -0.3 is 10.5 Å². The highest BCUT2D eigenvalue weighted by atomic mass is 16.5. The molecule has 0 spiro atoms. The van der Waals surface area contributed by atoms with Crippen LogP contribution in [0.4, 0.5) is 5.69 Å². The number of nitrogens with zero attached hydrogens (tertiary/aromatic N) is 2. The van der Waals surface area contributed by atoms with Crippen LogP contribution in [0, 0.1) is 11.3 Å². The van der Waals surface area contributed by atoms with Crippen LogP contribution in [0.15, 0.2) is 42.6 Å². The van der Waals surface area contributed by atoms with Crippen LogP contribution in [0.2, 0.25) is 0 Å². The largest absolute Gasteiger partial charge is 0.489 e. The van der Waals surface area contributed by atoms with Gasteiger partial charge in [0.25, 0.3) is 0 Å². The molecule has 1 aromatic heterocycles. The number of pyridine rings is 1. The highest BCUT2D eigenvalue weighted by molar-refractivity contribution is 5.43. The second-order valence-corrected chi connectivity index (χ2v) is 3.52. The van der Waals surface area contributed by atoms with E-state index in [1.165, 1.54) is 0 Å². The third kappa shape index (κ3) is 2.95. The molecule has 2 N–H and O–H groups in total. The Morgan fingerprint density at radius 1 is 1.29 bits per heavy atom. The van der Waals surface area contributed by atoms with Gasteiger partial charge in [-0.2, -0.15) is 5.26 Å². The number of aromatic nitrogens is 1. The normalized spacial score (nSPS) is 9.59. The summed E-state index contributed by atoms with van der Waals surface area (Å²) in [5.41, 5.74) is 7.59. The van der Waals surface area contributed by atoms with Crippen LogP contribution in [-0.2, 0) is 6.61 Å². The minimum absolute atomic E-state index is 0.388. The number of hydrogen-bond donors (Lipinski definition) is 1. The number of ether oxygens (including phenoxy) is 1. The molecule has 0 aliphatic rings. The first-order valence-electron chi connectivity index (χ1n) is 5.11. The lowest BCUT2D eigenvalue weighted by atomic mass is 10.2. The number of anilines is 1. The maximum absolute atomic E-state index is 8.71. The van der Waals surface area contributed by atoms with Gasteiger partial charge in [0.1, 0.15) is 24.1 Å². The van der Waals surface area contributed by atoms with E-state index in [2.05, 4.69) is 4.98 Å². The first kappa shape index (κ1) is 11.0. The van der Waals surface area contributed by atoms with Crippen molar-refractivity contribution >= 4 is 5.69 Å². The van der Waals surface area contributed by atoms with Gasteiger partial charge in [-0.05, 0) is 29.8 Å². The van der Waals surface area contributed by atoms with Crippen molar-refractivity contribution in [2.75, 3.05) is 5.73 Å². The average Bonchev–Trinajstić information content (AvgIpc) is 2.37. The van der Waals surface area contributed by atoms with Gasteiger partial charge in [0.05, 0.1) is 0 Å². The summed E-state index contributed by atoms with van der Waals surface area (Å²) in [5, 5.41) is 8.71. The second-order valence-electron chi connectivity index (χ2n) is 3.52. The Kier molecular flexibility index (Phi) is 3.22. The zero-order chi connectivity index (χ0) is 12.1. The molecule has 0 aliphatic heterocycles. The summed E-state index contributed by atoms with van der Waals surface area (Å²) in [6, 6.07) is 12.7. The number of benzene rings is 1. The van der Waals surface area contributed by atoms with Crippen molar-refractivity contribution in [1.29, 1.82) is 5.26 Å². The summed E-state index contributed by atoms with van der Waals surface area (Å²) in [5.74, 6) is 0.709. The number of rotatable bonds is 3. The Morgan fingerprint density at radius 2 is 2.18 bits per heavy atom. The minimum Gasteiger partial charge on any atom is -0.489 e. The Morgan fingerprint density at radius 3 is 2.94 bits per heavy atom. The van der Waals surface area contributed by atoms with Crippen molar-refractivity contribution in [3.8, 4) is 11.8 Å². The van der Waals surface area contributed by atoms with Gasteiger partial charge in [0.15, 0.2) is 0 Å². The molecule has 84 valence electrons. The van der Waals surface area contributed by atoms with E-state index in [0.717, 1.165) is 5.56 Å². The molecule has 0 bridgehead atoms. The fourth-order valence-corrected chi connectivity index (χ4v) is 1.40. The molecule has 0 fully saturated rings. The number of hydrogen-bond acceptors (Lipinski definition) is 4. The molecule has 0 saturated carbocycles. The van der Waals surface area contributed by atoms with E-state index < -0.39 is 0 Å². The van der Waals surface area contributed by atoms with Gasteiger partial charge in [-0.15, -0.1) is 0 Å². The monoisotopic (exact) mass is 225 g/mol. The number of nitrogens with two attached hydrogens (primary N) is 1. The van der Waals surface area contributed by atoms with Crippen LogP contribution >= 0.6 is 0 Å². The molecule has 4 nitrogen and oxygen atoms in total. The third-order valence-corrected chi connectivity index (χ3v) is 2.20. The first-order chi connectivity index (χ1) is 8.28. The third-order valence-electron chi connectivity index (χ3n) is 2.20. The summed E-state index contributed by atoms with van der Waals surface area (Å²) in [6.07, 6.45) is 1.59. The van der Waals surface area contributed by atoms with Crippen LogP contribution in [0.1, 0.15) is 11.3 Å². The van der Waals surface area contributed by atoms with Gasteiger partial charge >= 0.3 is 0 Å². The maximum atomic E-state index is 8.71. The molecule has 0 unspecified atom stereocenters. The SMILES string of the molecule is N#Cc1cc(COc2cccc(N)c2)ccn1. The molecular formula is C13H11N3O. The molecule has 0 saturated heterocycles.